The first-order chi connectivity index (χ1) is 11.6. The molecule has 0 fully saturated rings. The van der Waals surface area contributed by atoms with Crippen LogP contribution in [0, 0.1) is 18.3 Å². The fourth-order valence-electron chi connectivity index (χ4n) is 2.70. The zero-order chi connectivity index (χ0) is 17.1. The van der Waals surface area contributed by atoms with Crippen LogP contribution >= 0.6 is 0 Å². The van der Waals surface area contributed by atoms with Crippen molar-refractivity contribution < 1.29 is 4.74 Å². The predicted octanol–water partition coefficient (Wildman–Crippen LogP) is 4.19. The zero-order valence-corrected chi connectivity index (χ0v) is 13.6. The number of nitriles is 1. The van der Waals surface area contributed by atoms with Crippen molar-refractivity contribution in [3.05, 3.63) is 65.7 Å². The van der Waals surface area contributed by atoms with Crippen LogP contribution in [0.1, 0.15) is 11.1 Å². The number of pyridine rings is 1. The Morgan fingerprint density at radius 1 is 1.04 bits per heavy atom. The number of aromatic nitrogens is 1. The summed E-state index contributed by atoms with van der Waals surface area (Å²) in [6, 6.07) is 19.6. The molecule has 0 amide bonds. The van der Waals surface area contributed by atoms with Gasteiger partial charge in [-0.15, -0.1) is 0 Å². The molecular formula is C20H17N3O. The first-order valence-electron chi connectivity index (χ1n) is 7.55. The first-order valence-corrected chi connectivity index (χ1v) is 7.55. The average Bonchev–Trinajstić information content (AvgIpc) is 2.61. The van der Waals surface area contributed by atoms with Crippen molar-refractivity contribution in [3.63, 3.8) is 0 Å². The summed E-state index contributed by atoms with van der Waals surface area (Å²) in [7, 11) is 1.62. The van der Waals surface area contributed by atoms with Gasteiger partial charge in [0.15, 0.2) is 0 Å². The fraction of sp³-hybridized carbons (Fsp3) is 0.100. The van der Waals surface area contributed by atoms with Crippen molar-refractivity contribution in [2.24, 2.45) is 0 Å². The molecule has 1 aromatic heterocycles. The van der Waals surface area contributed by atoms with Crippen LogP contribution in [0.3, 0.4) is 0 Å². The third kappa shape index (κ3) is 2.80. The number of aryl methyl sites for hydroxylation is 1. The van der Waals surface area contributed by atoms with E-state index in [1.807, 2.05) is 61.5 Å². The molecule has 4 heteroatoms. The third-order valence-electron chi connectivity index (χ3n) is 3.96. The molecule has 0 radical (unpaired) electrons. The van der Waals surface area contributed by atoms with Crippen LogP contribution in [0.2, 0.25) is 0 Å². The smallest absolute Gasteiger partial charge is 0.142 e. The van der Waals surface area contributed by atoms with Crippen LogP contribution < -0.4 is 10.5 Å². The highest BCUT2D eigenvalue weighted by molar-refractivity contribution is 5.81. The van der Waals surface area contributed by atoms with Gasteiger partial charge in [-0.1, -0.05) is 36.4 Å². The Balaban J connectivity index is 2.25. The molecule has 0 aliphatic heterocycles. The van der Waals surface area contributed by atoms with Gasteiger partial charge >= 0.3 is 0 Å². The van der Waals surface area contributed by atoms with E-state index in [9.17, 15) is 5.26 Å². The van der Waals surface area contributed by atoms with E-state index in [4.69, 9.17) is 10.5 Å². The molecule has 2 N–H and O–H groups in total. The van der Waals surface area contributed by atoms with Crippen LogP contribution in [-0.2, 0) is 0 Å². The van der Waals surface area contributed by atoms with Crippen molar-refractivity contribution in [1.29, 1.82) is 5.26 Å². The second-order valence-corrected chi connectivity index (χ2v) is 5.47. The van der Waals surface area contributed by atoms with Crippen molar-refractivity contribution in [3.8, 4) is 34.2 Å². The Morgan fingerprint density at radius 3 is 2.54 bits per heavy atom. The molecule has 2 aromatic carbocycles. The van der Waals surface area contributed by atoms with E-state index in [1.54, 1.807) is 7.11 Å². The lowest BCUT2D eigenvalue weighted by atomic mass is 9.97. The summed E-state index contributed by atoms with van der Waals surface area (Å²) in [5, 5.41) is 9.50. The predicted molar refractivity (Wildman–Crippen MR) is 95.5 cm³/mol. The first kappa shape index (κ1) is 15.6. The number of benzene rings is 2. The highest BCUT2D eigenvalue weighted by atomic mass is 16.5. The molecule has 1 heterocycles. The van der Waals surface area contributed by atoms with Crippen molar-refractivity contribution in [2.75, 3.05) is 12.8 Å². The number of nitrogens with two attached hydrogens (primary N) is 1. The van der Waals surface area contributed by atoms with Gasteiger partial charge in [-0.05, 0) is 36.2 Å². The molecule has 0 unspecified atom stereocenters. The SMILES string of the molecule is COc1cccc(-c2cc(-c3ccccc3C)nc(N)c2C#N)c1. The maximum atomic E-state index is 9.50. The second-order valence-electron chi connectivity index (χ2n) is 5.47. The van der Waals surface area contributed by atoms with E-state index in [1.165, 1.54) is 0 Å². The Bertz CT molecular complexity index is 942. The summed E-state index contributed by atoms with van der Waals surface area (Å²) >= 11 is 0. The van der Waals surface area contributed by atoms with Gasteiger partial charge in [0.25, 0.3) is 0 Å². The summed E-state index contributed by atoms with van der Waals surface area (Å²) in [6.45, 7) is 2.02. The minimum absolute atomic E-state index is 0.232. The summed E-state index contributed by atoms with van der Waals surface area (Å²) in [5.74, 6) is 0.959. The van der Waals surface area contributed by atoms with Gasteiger partial charge in [0.1, 0.15) is 23.2 Å². The Morgan fingerprint density at radius 2 is 1.83 bits per heavy atom. The number of hydrogen-bond acceptors (Lipinski definition) is 4. The van der Waals surface area contributed by atoms with Gasteiger partial charge in [0.05, 0.1) is 12.8 Å². The van der Waals surface area contributed by atoms with Crippen molar-refractivity contribution >= 4 is 5.82 Å². The molecule has 0 spiro atoms. The molecule has 0 saturated carbocycles. The van der Waals surface area contributed by atoms with Gasteiger partial charge in [0, 0.05) is 11.1 Å². The molecule has 118 valence electrons. The number of ether oxygens (including phenoxy) is 1. The van der Waals surface area contributed by atoms with Gasteiger partial charge in [-0.3, -0.25) is 0 Å². The molecule has 0 aliphatic rings. The summed E-state index contributed by atoms with van der Waals surface area (Å²) in [4.78, 5) is 4.43. The van der Waals surface area contributed by atoms with Gasteiger partial charge in [0.2, 0.25) is 0 Å². The average molecular weight is 315 g/mol. The highest BCUT2D eigenvalue weighted by Crippen LogP contribution is 2.33. The molecule has 0 bridgehead atoms. The van der Waals surface area contributed by atoms with E-state index in [0.29, 0.717) is 5.56 Å². The molecule has 0 saturated heterocycles. The van der Waals surface area contributed by atoms with Crippen molar-refractivity contribution in [1.82, 2.24) is 4.98 Å². The second kappa shape index (κ2) is 6.43. The Kier molecular flexibility index (Phi) is 4.17. The van der Waals surface area contributed by atoms with Crippen LogP contribution in [0.4, 0.5) is 5.82 Å². The van der Waals surface area contributed by atoms with Crippen LogP contribution in [0.25, 0.3) is 22.4 Å². The van der Waals surface area contributed by atoms with E-state index >= 15 is 0 Å². The normalized spacial score (nSPS) is 10.2. The van der Waals surface area contributed by atoms with Gasteiger partial charge < -0.3 is 10.5 Å². The third-order valence-corrected chi connectivity index (χ3v) is 3.96. The molecule has 24 heavy (non-hydrogen) atoms. The number of methoxy groups -OCH3 is 1. The van der Waals surface area contributed by atoms with Crippen LogP contribution in [0.15, 0.2) is 54.6 Å². The summed E-state index contributed by atoms with van der Waals surface area (Å²) in [5.41, 5.74) is 10.9. The van der Waals surface area contributed by atoms with Gasteiger partial charge in [-0.25, -0.2) is 4.98 Å². The quantitative estimate of drug-likeness (QED) is 0.786. The maximum Gasteiger partial charge on any atom is 0.142 e. The number of nitrogen functional groups attached to an aromatic ring is 1. The lowest BCUT2D eigenvalue weighted by Crippen LogP contribution is -2.00. The lowest BCUT2D eigenvalue weighted by molar-refractivity contribution is 0.415. The fourth-order valence-corrected chi connectivity index (χ4v) is 2.70. The number of anilines is 1. The zero-order valence-electron chi connectivity index (χ0n) is 13.6. The molecule has 0 atom stereocenters. The number of nitrogens with zero attached hydrogens (tertiary/aromatic N) is 2. The lowest BCUT2D eigenvalue weighted by Gasteiger charge is -2.12. The standard InChI is InChI=1S/C20H17N3O/c1-13-6-3-4-9-16(13)19-11-17(18(12-21)20(22)23-19)14-7-5-8-15(10-14)24-2/h3-11H,1-2H3,(H2,22,23). The monoisotopic (exact) mass is 315 g/mol. The Labute approximate surface area is 141 Å². The number of rotatable bonds is 3. The minimum Gasteiger partial charge on any atom is -0.497 e. The van der Waals surface area contributed by atoms with Crippen LogP contribution in [0.5, 0.6) is 5.75 Å². The largest absolute Gasteiger partial charge is 0.497 e. The van der Waals surface area contributed by atoms with Gasteiger partial charge in [-0.2, -0.15) is 5.26 Å². The van der Waals surface area contributed by atoms with E-state index < -0.39 is 0 Å². The maximum absolute atomic E-state index is 9.50. The number of hydrogen-bond donors (Lipinski definition) is 1. The molecule has 3 rings (SSSR count). The van der Waals surface area contributed by atoms with E-state index in [-0.39, 0.29) is 5.82 Å². The van der Waals surface area contributed by atoms with Crippen molar-refractivity contribution in [2.45, 2.75) is 6.92 Å². The van der Waals surface area contributed by atoms with E-state index in [2.05, 4.69) is 11.1 Å². The Hall–Kier alpha value is -3.32. The highest BCUT2D eigenvalue weighted by Gasteiger charge is 2.14. The molecule has 3 aromatic rings. The van der Waals surface area contributed by atoms with Crippen LogP contribution in [-0.4, -0.2) is 12.1 Å². The topological polar surface area (TPSA) is 71.9 Å². The minimum atomic E-state index is 0.232. The van der Waals surface area contributed by atoms with E-state index in [0.717, 1.165) is 33.7 Å². The molecule has 0 aliphatic carbocycles. The molecule has 4 nitrogen and oxygen atoms in total. The summed E-state index contributed by atoms with van der Waals surface area (Å²) in [6.07, 6.45) is 0. The molecular weight excluding hydrogens is 298 g/mol. The summed E-state index contributed by atoms with van der Waals surface area (Å²) < 4.78 is 5.28.